The maximum atomic E-state index is 11.2. The van der Waals surface area contributed by atoms with E-state index in [1.807, 2.05) is 0 Å². The molecule has 0 aliphatic carbocycles. The molecule has 0 amide bonds. The van der Waals surface area contributed by atoms with Crippen LogP contribution < -0.4 is 0 Å². The van der Waals surface area contributed by atoms with E-state index in [-0.39, 0.29) is 0 Å². The Kier molecular flexibility index (Phi) is 2.58. The summed E-state index contributed by atoms with van der Waals surface area (Å²) in [5.41, 5.74) is -1.34. The molecule has 0 aromatic rings. The van der Waals surface area contributed by atoms with Crippen molar-refractivity contribution in [2.24, 2.45) is 0 Å². The zero-order chi connectivity index (χ0) is 9.52. The Bertz CT molecular complexity index is 218. The molecule has 0 aromatic carbocycles. The molecule has 5 atom stereocenters. The highest BCUT2D eigenvalue weighted by Crippen LogP contribution is 2.58. The van der Waals surface area contributed by atoms with Crippen LogP contribution in [0.2, 0.25) is 0 Å². The minimum atomic E-state index is -4.05. The van der Waals surface area contributed by atoms with Crippen LogP contribution in [0.4, 0.5) is 0 Å². The van der Waals surface area contributed by atoms with E-state index in [1.54, 1.807) is 0 Å². The van der Waals surface area contributed by atoms with Crippen molar-refractivity contribution < 1.29 is 29.9 Å². The van der Waals surface area contributed by atoms with Crippen LogP contribution in [0.5, 0.6) is 0 Å². The number of hydrogen-bond donors (Lipinski definition) is 5. The van der Waals surface area contributed by atoms with Crippen molar-refractivity contribution in [2.75, 3.05) is 6.61 Å². The first kappa shape index (κ1) is 10.1. The minimum Gasteiger partial charge on any atom is -0.395 e. The standard InChI is InChI=1S/C5H11O6P/c6-1-2-3(7)4(8)5(9)12(2,10)11/h2-9H,1H2,(H,10,11)/t2-,3-,4-,5?/m1/s1. The molecular weight excluding hydrogens is 187 g/mol. The van der Waals surface area contributed by atoms with Crippen LogP contribution in [0.1, 0.15) is 0 Å². The van der Waals surface area contributed by atoms with Gasteiger partial charge in [0.05, 0.1) is 18.4 Å². The van der Waals surface area contributed by atoms with Gasteiger partial charge in [0.15, 0.2) is 5.85 Å². The summed E-state index contributed by atoms with van der Waals surface area (Å²) in [6.07, 6.45) is -3.20. The van der Waals surface area contributed by atoms with E-state index in [4.69, 9.17) is 25.3 Å². The summed E-state index contributed by atoms with van der Waals surface area (Å²) in [4.78, 5) is 9.09. The second kappa shape index (κ2) is 3.06. The van der Waals surface area contributed by atoms with E-state index >= 15 is 0 Å². The van der Waals surface area contributed by atoms with E-state index < -0.39 is 37.7 Å². The van der Waals surface area contributed by atoms with Crippen molar-refractivity contribution in [3.63, 3.8) is 0 Å². The summed E-state index contributed by atoms with van der Waals surface area (Å²) in [7, 11) is -4.05. The van der Waals surface area contributed by atoms with Crippen LogP contribution in [-0.2, 0) is 4.57 Å². The summed E-state index contributed by atoms with van der Waals surface area (Å²) in [5, 5.41) is 35.6. The van der Waals surface area contributed by atoms with Gasteiger partial charge in [-0.3, -0.25) is 4.57 Å². The molecule has 0 saturated carbocycles. The summed E-state index contributed by atoms with van der Waals surface area (Å²) < 4.78 is 11.2. The molecule has 0 aromatic heterocycles. The Balaban J connectivity index is 2.96. The smallest absolute Gasteiger partial charge is 0.238 e. The molecule has 12 heavy (non-hydrogen) atoms. The van der Waals surface area contributed by atoms with Gasteiger partial charge in [-0.05, 0) is 0 Å². The largest absolute Gasteiger partial charge is 0.395 e. The Morgan fingerprint density at radius 3 is 1.83 bits per heavy atom. The first-order valence-electron chi connectivity index (χ1n) is 3.40. The van der Waals surface area contributed by atoms with Gasteiger partial charge in [-0.2, -0.15) is 0 Å². The van der Waals surface area contributed by atoms with Crippen molar-refractivity contribution in [1.82, 2.24) is 0 Å². The fourth-order valence-corrected chi connectivity index (χ4v) is 3.12. The van der Waals surface area contributed by atoms with Crippen molar-refractivity contribution in [1.29, 1.82) is 0 Å². The Morgan fingerprint density at radius 2 is 1.67 bits per heavy atom. The molecule has 6 nitrogen and oxygen atoms in total. The van der Waals surface area contributed by atoms with Crippen molar-refractivity contribution in [3.05, 3.63) is 0 Å². The van der Waals surface area contributed by atoms with E-state index in [9.17, 15) is 4.57 Å². The Labute approximate surface area is 68.5 Å². The topological polar surface area (TPSA) is 118 Å². The van der Waals surface area contributed by atoms with Gasteiger partial charge < -0.3 is 25.3 Å². The molecule has 2 unspecified atom stereocenters. The normalized spacial score (nSPS) is 54.4. The average molecular weight is 198 g/mol. The average Bonchev–Trinajstić information content (AvgIpc) is 2.13. The predicted molar refractivity (Wildman–Crippen MR) is 38.7 cm³/mol. The van der Waals surface area contributed by atoms with Gasteiger partial charge in [0, 0.05) is 0 Å². The lowest BCUT2D eigenvalue weighted by Crippen LogP contribution is -2.33. The van der Waals surface area contributed by atoms with E-state index in [0.29, 0.717) is 0 Å². The number of aliphatic hydroxyl groups excluding tert-OH is 4. The highest BCUT2D eigenvalue weighted by Gasteiger charge is 2.56. The number of aliphatic hydroxyl groups is 4. The maximum Gasteiger partial charge on any atom is 0.238 e. The number of hydrogen-bond acceptors (Lipinski definition) is 5. The highest BCUT2D eigenvalue weighted by molar-refractivity contribution is 7.59. The molecule has 0 spiro atoms. The molecule has 1 saturated heterocycles. The lowest BCUT2D eigenvalue weighted by atomic mass is 10.1. The zero-order valence-electron chi connectivity index (χ0n) is 6.11. The van der Waals surface area contributed by atoms with Gasteiger partial charge in [-0.25, -0.2) is 0 Å². The fraction of sp³-hybridized carbons (Fsp3) is 1.00. The number of rotatable bonds is 1. The molecule has 1 fully saturated rings. The molecule has 0 bridgehead atoms. The monoisotopic (exact) mass is 198 g/mol. The van der Waals surface area contributed by atoms with Crippen LogP contribution in [0.25, 0.3) is 0 Å². The van der Waals surface area contributed by atoms with Gasteiger partial charge >= 0.3 is 0 Å². The van der Waals surface area contributed by atoms with Gasteiger partial charge in [0.1, 0.15) is 6.10 Å². The van der Waals surface area contributed by atoms with Crippen LogP contribution in [0.3, 0.4) is 0 Å². The Hall–Kier alpha value is 0.0300. The summed E-state index contributed by atoms with van der Waals surface area (Å²) >= 11 is 0. The first-order valence-corrected chi connectivity index (χ1v) is 5.20. The van der Waals surface area contributed by atoms with E-state index in [2.05, 4.69) is 0 Å². The Morgan fingerprint density at radius 1 is 1.17 bits per heavy atom. The molecule has 7 heteroatoms. The molecule has 1 aliphatic rings. The molecular formula is C5H11O6P. The van der Waals surface area contributed by atoms with Crippen LogP contribution in [0.15, 0.2) is 0 Å². The van der Waals surface area contributed by atoms with Gasteiger partial charge in [-0.1, -0.05) is 0 Å². The minimum absolute atomic E-state index is 0.733. The third-order valence-electron chi connectivity index (χ3n) is 2.09. The van der Waals surface area contributed by atoms with Crippen molar-refractivity contribution >= 4 is 7.37 Å². The first-order chi connectivity index (χ1) is 5.42. The van der Waals surface area contributed by atoms with Crippen LogP contribution in [0, 0.1) is 0 Å². The van der Waals surface area contributed by atoms with Gasteiger partial charge in [-0.15, -0.1) is 0 Å². The maximum absolute atomic E-state index is 11.2. The van der Waals surface area contributed by atoms with Crippen molar-refractivity contribution in [3.8, 4) is 0 Å². The highest BCUT2D eigenvalue weighted by atomic mass is 31.2. The molecule has 72 valence electrons. The predicted octanol–water partition coefficient (Wildman–Crippen LogP) is -2.33. The third-order valence-corrected chi connectivity index (χ3v) is 4.57. The van der Waals surface area contributed by atoms with Crippen molar-refractivity contribution in [2.45, 2.75) is 23.7 Å². The second-order valence-electron chi connectivity index (χ2n) is 2.82. The molecule has 1 rings (SSSR count). The third kappa shape index (κ3) is 1.21. The van der Waals surface area contributed by atoms with Gasteiger partial charge in [0.25, 0.3) is 0 Å². The van der Waals surface area contributed by atoms with Crippen LogP contribution in [-0.4, -0.2) is 55.6 Å². The SMILES string of the molecule is O=P1(O)C(O)[C@H](O)[C@H](O)[C@H]1CO. The fourth-order valence-electron chi connectivity index (χ4n) is 1.26. The molecule has 1 aliphatic heterocycles. The summed E-state index contributed by atoms with van der Waals surface area (Å²) in [5.74, 6) is -1.86. The lowest BCUT2D eigenvalue weighted by molar-refractivity contribution is -0.0189. The van der Waals surface area contributed by atoms with Gasteiger partial charge in [0.2, 0.25) is 7.37 Å². The molecule has 0 radical (unpaired) electrons. The van der Waals surface area contributed by atoms with E-state index in [1.165, 1.54) is 0 Å². The second-order valence-corrected chi connectivity index (χ2v) is 5.35. The molecule has 1 heterocycles. The van der Waals surface area contributed by atoms with E-state index in [0.717, 1.165) is 0 Å². The summed E-state index contributed by atoms with van der Waals surface area (Å²) in [6.45, 7) is -0.733. The van der Waals surface area contributed by atoms with Crippen LogP contribution >= 0.6 is 7.37 Å². The lowest BCUT2D eigenvalue weighted by Gasteiger charge is -2.14. The zero-order valence-corrected chi connectivity index (χ0v) is 7.00. The summed E-state index contributed by atoms with van der Waals surface area (Å²) in [6, 6.07) is 0. The molecule has 5 N–H and O–H groups in total. The quantitative estimate of drug-likeness (QED) is 0.301.